The molecule has 2 aromatic carbocycles. The Hall–Kier alpha value is -1.98. The zero-order chi connectivity index (χ0) is 18.4. The molecular weight excluding hydrogens is 344 g/mol. The molecule has 1 N–H and O–H groups in total. The van der Waals surface area contributed by atoms with Crippen LogP contribution in [0.4, 0.5) is 0 Å². The van der Waals surface area contributed by atoms with Gasteiger partial charge in [0.2, 0.25) is 0 Å². The molecule has 138 valence electrons. The van der Waals surface area contributed by atoms with Gasteiger partial charge in [0.15, 0.2) is 0 Å². The van der Waals surface area contributed by atoms with Gasteiger partial charge >= 0.3 is 0 Å². The number of ether oxygens (including phenoxy) is 1. The van der Waals surface area contributed by atoms with Gasteiger partial charge in [0.1, 0.15) is 5.75 Å². The van der Waals surface area contributed by atoms with Crippen molar-refractivity contribution in [3.8, 4) is 5.75 Å². The normalized spacial score (nSPS) is 14.4. The number of rotatable bonds is 7. The van der Waals surface area contributed by atoms with Gasteiger partial charge in [-0.15, -0.1) is 11.8 Å². The van der Waals surface area contributed by atoms with Crippen molar-refractivity contribution < 1.29 is 9.53 Å². The average Bonchev–Trinajstić information content (AvgIpc) is 3.19. The average molecular weight is 371 g/mol. The Kier molecular flexibility index (Phi) is 6.58. The van der Waals surface area contributed by atoms with Crippen LogP contribution in [-0.2, 0) is 13.1 Å². The zero-order valence-corrected chi connectivity index (χ0v) is 16.3. The van der Waals surface area contributed by atoms with Crippen LogP contribution < -0.4 is 10.1 Å². The van der Waals surface area contributed by atoms with Gasteiger partial charge < -0.3 is 10.1 Å². The summed E-state index contributed by atoms with van der Waals surface area (Å²) in [4.78, 5) is 16.1. The number of nitrogens with zero attached hydrogens (tertiary/aromatic N) is 1. The third-order valence-corrected chi connectivity index (χ3v) is 5.46. The molecule has 0 atom stereocenters. The quantitative estimate of drug-likeness (QED) is 0.750. The minimum Gasteiger partial charge on any atom is -0.496 e. The number of hydrogen-bond donors (Lipinski definition) is 1. The summed E-state index contributed by atoms with van der Waals surface area (Å²) in [5.41, 5.74) is 3.00. The topological polar surface area (TPSA) is 41.6 Å². The summed E-state index contributed by atoms with van der Waals surface area (Å²) in [6.07, 6.45) is 4.62. The Morgan fingerprint density at radius 2 is 1.81 bits per heavy atom. The molecular formula is C21H26N2O2S. The lowest BCUT2D eigenvalue weighted by atomic mass is 10.1. The van der Waals surface area contributed by atoms with E-state index >= 15 is 0 Å². The van der Waals surface area contributed by atoms with Crippen LogP contribution in [0.2, 0.25) is 0 Å². The lowest BCUT2D eigenvalue weighted by Crippen LogP contribution is -2.23. The predicted octanol–water partition coefficient (Wildman–Crippen LogP) is 3.94. The van der Waals surface area contributed by atoms with Gasteiger partial charge in [-0.1, -0.05) is 24.3 Å². The highest BCUT2D eigenvalue weighted by Crippen LogP contribution is 2.25. The maximum absolute atomic E-state index is 12.5. The highest BCUT2D eigenvalue weighted by Gasteiger charge is 2.13. The molecule has 0 saturated carbocycles. The second-order valence-electron chi connectivity index (χ2n) is 6.55. The molecule has 1 saturated heterocycles. The third kappa shape index (κ3) is 4.80. The Labute approximate surface area is 159 Å². The number of carbonyl (C=O) groups is 1. The van der Waals surface area contributed by atoms with Crippen LogP contribution in [0.15, 0.2) is 47.4 Å². The van der Waals surface area contributed by atoms with Crippen LogP contribution in [0, 0.1) is 0 Å². The third-order valence-electron chi connectivity index (χ3n) is 4.73. The largest absolute Gasteiger partial charge is 0.496 e. The first-order chi connectivity index (χ1) is 12.7. The zero-order valence-electron chi connectivity index (χ0n) is 15.5. The molecule has 26 heavy (non-hydrogen) atoms. The van der Waals surface area contributed by atoms with Gasteiger partial charge in [0, 0.05) is 18.0 Å². The Bertz CT molecular complexity index is 740. The van der Waals surface area contributed by atoms with Gasteiger partial charge in [-0.3, -0.25) is 9.69 Å². The van der Waals surface area contributed by atoms with Crippen LogP contribution in [0.5, 0.6) is 5.75 Å². The molecule has 4 nitrogen and oxygen atoms in total. The second kappa shape index (κ2) is 9.10. The smallest absolute Gasteiger partial charge is 0.255 e. The number of nitrogens with one attached hydrogen (secondary N) is 1. The molecule has 0 radical (unpaired) electrons. The van der Waals surface area contributed by atoms with E-state index in [9.17, 15) is 4.79 Å². The molecule has 1 aliphatic rings. The molecule has 0 spiro atoms. The Morgan fingerprint density at radius 3 is 2.46 bits per heavy atom. The summed E-state index contributed by atoms with van der Waals surface area (Å²) in [6, 6.07) is 14.2. The fourth-order valence-electron chi connectivity index (χ4n) is 3.23. The minimum absolute atomic E-state index is 0.115. The molecule has 5 heteroatoms. The summed E-state index contributed by atoms with van der Waals surface area (Å²) in [7, 11) is 1.59. The molecule has 0 aromatic heterocycles. The molecule has 1 fully saturated rings. The highest BCUT2D eigenvalue weighted by molar-refractivity contribution is 7.98. The van der Waals surface area contributed by atoms with E-state index in [-0.39, 0.29) is 5.91 Å². The number of benzene rings is 2. The summed E-state index contributed by atoms with van der Waals surface area (Å²) in [6.45, 7) is 3.94. The lowest BCUT2D eigenvalue weighted by Gasteiger charge is -2.15. The van der Waals surface area contributed by atoms with Crippen molar-refractivity contribution in [1.82, 2.24) is 10.2 Å². The van der Waals surface area contributed by atoms with E-state index in [1.54, 1.807) is 18.9 Å². The predicted molar refractivity (Wildman–Crippen MR) is 107 cm³/mol. The molecule has 2 aromatic rings. The van der Waals surface area contributed by atoms with Crippen molar-refractivity contribution >= 4 is 17.7 Å². The fourth-order valence-corrected chi connectivity index (χ4v) is 3.65. The van der Waals surface area contributed by atoms with Crippen molar-refractivity contribution in [2.75, 3.05) is 26.5 Å². The van der Waals surface area contributed by atoms with Gasteiger partial charge in [0.05, 0.1) is 12.7 Å². The van der Waals surface area contributed by atoms with E-state index in [1.807, 2.05) is 24.5 Å². The molecule has 1 amide bonds. The van der Waals surface area contributed by atoms with Gasteiger partial charge in [-0.05, 0) is 61.5 Å². The number of hydrogen-bond acceptors (Lipinski definition) is 4. The van der Waals surface area contributed by atoms with E-state index in [0.717, 1.165) is 17.0 Å². The summed E-state index contributed by atoms with van der Waals surface area (Å²) in [5.74, 6) is 0.492. The van der Waals surface area contributed by atoms with Crippen molar-refractivity contribution in [3.63, 3.8) is 0 Å². The summed E-state index contributed by atoms with van der Waals surface area (Å²) >= 11 is 1.63. The highest BCUT2D eigenvalue weighted by atomic mass is 32.2. The molecule has 0 unspecified atom stereocenters. The second-order valence-corrected chi connectivity index (χ2v) is 7.43. The monoisotopic (exact) mass is 370 g/mol. The number of amides is 1. The first-order valence-corrected chi connectivity index (χ1v) is 10.2. The fraction of sp³-hybridized carbons (Fsp3) is 0.381. The number of carbonyl (C=O) groups excluding carboxylic acids is 1. The van der Waals surface area contributed by atoms with Crippen LogP contribution in [0.25, 0.3) is 0 Å². The molecule has 0 bridgehead atoms. The van der Waals surface area contributed by atoms with Crippen molar-refractivity contribution in [2.24, 2.45) is 0 Å². The first kappa shape index (κ1) is 18.8. The van der Waals surface area contributed by atoms with Gasteiger partial charge in [0.25, 0.3) is 5.91 Å². The van der Waals surface area contributed by atoms with Crippen molar-refractivity contribution in [1.29, 1.82) is 0 Å². The van der Waals surface area contributed by atoms with E-state index in [2.05, 4.69) is 34.5 Å². The maximum atomic E-state index is 12.5. The lowest BCUT2D eigenvalue weighted by molar-refractivity contribution is 0.0948. The molecule has 1 heterocycles. The standard InChI is InChI=1S/C21H26N2O2S/c1-25-20-13-18(26-2)9-10-19(20)21(24)22-14-16-5-7-17(8-6-16)15-23-11-3-4-12-23/h5-10,13H,3-4,11-12,14-15H2,1-2H3,(H,22,24). The van der Waals surface area contributed by atoms with Crippen LogP contribution >= 0.6 is 11.8 Å². The number of methoxy groups -OCH3 is 1. The Morgan fingerprint density at radius 1 is 1.12 bits per heavy atom. The van der Waals surface area contributed by atoms with Crippen LogP contribution in [0.3, 0.4) is 0 Å². The van der Waals surface area contributed by atoms with E-state index in [1.165, 1.54) is 31.5 Å². The number of thioether (sulfide) groups is 1. The minimum atomic E-state index is -0.115. The van der Waals surface area contributed by atoms with Gasteiger partial charge in [-0.25, -0.2) is 0 Å². The molecule has 3 rings (SSSR count). The van der Waals surface area contributed by atoms with E-state index in [0.29, 0.717) is 17.9 Å². The molecule has 0 aliphatic carbocycles. The number of likely N-dealkylation sites (tertiary alicyclic amines) is 1. The SMILES string of the molecule is COc1cc(SC)ccc1C(=O)NCc1ccc(CN2CCCC2)cc1. The Balaban J connectivity index is 1.57. The maximum Gasteiger partial charge on any atom is 0.255 e. The van der Waals surface area contributed by atoms with E-state index < -0.39 is 0 Å². The van der Waals surface area contributed by atoms with E-state index in [4.69, 9.17) is 4.74 Å². The summed E-state index contributed by atoms with van der Waals surface area (Å²) in [5, 5.41) is 2.98. The van der Waals surface area contributed by atoms with Crippen LogP contribution in [0.1, 0.15) is 34.3 Å². The summed E-state index contributed by atoms with van der Waals surface area (Å²) < 4.78 is 5.36. The van der Waals surface area contributed by atoms with Gasteiger partial charge in [-0.2, -0.15) is 0 Å². The van der Waals surface area contributed by atoms with Crippen molar-refractivity contribution in [3.05, 3.63) is 59.2 Å². The van der Waals surface area contributed by atoms with Crippen molar-refractivity contribution in [2.45, 2.75) is 30.8 Å². The first-order valence-electron chi connectivity index (χ1n) is 9.00. The van der Waals surface area contributed by atoms with Crippen LogP contribution in [-0.4, -0.2) is 37.3 Å². The molecule has 1 aliphatic heterocycles.